The molecular weight excluding hydrogens is 314 g/mol. The quantitative estimate of drug-likeness (QED) is 0.715. The van der Waals surface area contributed by atoms with Gasteiger partial charge in [0, 0.05) is 36.8 Å². The van der Waals surface area contributed by atoms with E-state index >= 15 is 0 Å². The van der Waals surface area contributed by atoms with E-state index in [0.29, 0.717) is 30.9 Å². The molecular formula is C17H24ClN3O2. The molecule has 0 aromatic heterocycles. The highest BCUT2D eigenvalue weighted by atomic mass is 35.5. The molecule has 1 aromatic carbocycles. The van der Waals surface area contributed by atoms with Crippen molar-refractivity contribution in [3.05, 3.63) is 55.1 Å². The third kappa shape index (κ3) is 6.26. The Morgan fingerprint density at radius 2 is 1.74 bits per heavy atom. The normalized spacial score (nSPS) is 10.9. The molecule has 0 aliphatic heterocycles. The maximum atomic E-state index is 12.3. The summed E-state index contributed by atoms with van der Waals surface area (Å²) in [5, 5.41) is 2.76. The van der Waals surface area contributed by atoms with Crippen molar-refractivity contribution in [2.75, 3.05) is 25.0 Å². The lowest BCUT2D eigenvalue weighted by molar-refractivity contribution is -0.119. The van der Waals surface area contributed by atoms with E-state index in [2.05, 4.69) is 18.5 Å². The first-order valence-electron chi connectivity index (χ1n) is 7.15. The number of halogens is 1. The number of nitrogens with one attached hydrogen (secondary N) is 1. The molecule has 126 valence electrons. The zero-order valence-corrected chi connectivity index (χ0v) is 14.1. The predicted molar refractivity (Wildman–Crippen MR) is 96.8 cm³/mol. The number of hydrogen-bond donors (Lipinski definition) is 2. The van der Waals surface area contributed by atoms with Crippen LogP contribution in [0.25, 0.3) is 0 Å². The fourth-order valence-electron chi connectivity index (χ4n) is 1.80. The van der Waals surface area contributed by atoms with Gasteiger partial charge in [-0.1, -0.05) is 19.1 Å². The highest BCUT2D eigenvalue weighted by Crippen LogP contribution is 2.13. The number of hydrogen-bond acceptors (Lipinski definition) is 3. The van der Waals surface area contributed by atoms with Crippen LogP contribution in [0.15, 0.2) is 49.6 Å². The van der Waals surface area contributed by atoms with Crippen molar-refractivity contribution in [3.8, 4) is 0 Å². The molecule has 0 bridgehead atoms. The van der Waals surface area contributed by atoms with E-state index in [-0.39, 0.29) is 30.1 Å². The van der Waals surface area contributed by atoms with Crippen molar-refractivity contribution in [3.63, 3.8) is 0 Å². The summed E-state index contributed by atoms with van der Waals surface area (Å²) in [5.74, 6) is -0.494. The van der Waals surface area contributed by atoms with Crippen molar-refractivity contribution in [2.45, 2.75) is 6.92 Å². The average molecular weight is 338 g/mol. The van der Waals surface area contributed by atoms with E-state index in [1.165, 1.54) is 0 Å². The monoisotopic (exact) mass is 337 g/mol. The molecule has 0 saturated heterocycles. The molecule has 0 aliphatic rings. The molecule has 0 heterocycles. The van der Waals surface area contributed by atoms with Crippen LogP contribution in [0.4, 0.5) is 5.69 Å². The Labute approximate surface area is 143 Å². The zero-order chi connectivity index (χ0) is 16.5. The minimum atomic E-state index is -0.253. The smallest absolute Gasteiger partial charge is 0.254 e. The number of carbonyl (C=O) groups is 2. The molecule has 23 heavy (non-hydrogen) atoms. The van der Waals surface area contributed by atoms with Crippen LogP contribution in [0.2, 0.25) is 0 Å². The summed E-state index contributed by atoms with van der Waals surface area (Å²) in [7, 11) is 0. The predicted octanol–water partition coefficient (Wildman–Crippen LogP) is 2.46. The fourth-order valence-corrected chi connectivity index (χ4v) is 1.80. The van der Waals surface area contributed by atoms with Crippen LogP contribution in [0.5, 0.6) is 0 Å². The molecule has 6 heteroatoms. The Morgan fingerprint density at radius 3 is 2.17 bits per heavy atom. The molecule has 0 fully saturated rings. The summed E-state index contributed by atoms with van der Waals surface area (Å²) in [6, 6.07) is 6.78. The molecule has 1 rings (SSSR count). The van der Waals surface area contributed by atoms with Gasteiger partial charge in [0.15, 0.2) is 0 Å². The van der Waals surface area contributed by atoms with Crippen molar-refractivity contribution in [2.24, 2.45) is 11.7 Å². The van der Waals surface area contributed by atoms with E-state index in [1.54, 1.807) is 48.2 Å². The maximum Gasteiger partial charge on any atom is 0.254 e. The van der Waals surface area contributed by atoms with E-state index < -0.39 is 0 Å². The molecule has 0 saturated carbocycles. The lowest BCUT2D eigenvalue weighted by atomic mass is 10.1. The van der Waals surface area contributed by atoms with Crippen molar-refractivity contribution in [1.82, 2.24) is 4.90 Å². The first kappa shape index (κ1) is 20.9. The topological polar surface area (TPSA) is 75.4 Å². The Balaban J connectivity index is 0.00000484. The van der Waals surface area contributed by atoms with Crippen LogP contribution in [-0.2, 0) is 4.79 Å². The molecule has 5 nitrogen and oxygen atoms in total. The van der Waals surface area contributed by atoms with Gasteiger partial charge in [0.2, 0.25) is 5.91 Å². The number of amides is 2. The van der Waals surface area contributed by atoms with Gasteiger partial charge in [-0.05, 0) is 24.3 Å². The first-order chi connectivity index (χ1) is 10.5. The molecule has 0 radical (unpaired) electrons. The summed E-state index contributed by atoms with van der Waals surface area (Å²) >= 11 is 0. The minimum Gasteiger partial charge on any atom is -0.331 e. The summed E-state index contributed by atoms with van der Waals surface area (Å²) in [4.78, 5) is 25.7. The van der Waals surface area contributed by atoms with Crippen LogP contribution in [0.1, 0.15) is 17.3 Å². The largest absolute Gasteiger partial charge is 0.331 e. The Hall–Kier alpha value is -2.11. The number of nitrogens with two attached hydrogens (primary N) is 1. The Kier molecular flexibility index (Phi) is 9.62. The van der Waals surface area contributed by atoms with Gasteiger partial charge in [-0.25, -0.2) is 0 Å². The van der Waals surface area contributed by atoms with Crippen LogP contribution >= 0.6 is 12.4 Å². The Bertz CT molecular complexity index is 533. The number of nitrogens with zero attached hydrogens (tertiary/aromatic N) is 1. The summed E-state index contributed by atoms with van der Waals surface area (Å²) in [5.41, 5.74) is 6.64. The molecule has 0 spiro atoms. The maximum absolute atomic E-state index is 12.3. The fraction of sp³-hybridized carbons (Fsp3) is 0.294. The van der Waals surface area contributed by atoms with Gasteiger partial charge in [-0.15, -0.1) is 25.6 Å². The van der Waals surface area contributed by atoms with Crippen LogP contribution in [0.3, 0.4) is 0 Å². The number of anilines is 1. The second-order valence-corrected chi connectivity index (χ2v) is 4.99. The van der Waals surface area contributed by atoms with Crippen LogP contribution in [0, 0.1) is 5.92 Å². The van der Waals surface area contributed by atoms with E-state index in [0.717, 1.165) is 0 Å². The highest BCUT2D eigenvalue weighted by molar-refractivity contribution is 5.96. The molecule has 2 amide bonds. The van der Waals surface area contributed by atoms with Gasteiger partial charge in [0.25, 0.3) is 5.91 Å². The Morgan fingerprint density at radius 1 is 1.22 bits per heavy atom. The highest BCUT2D eigenvalue weighted by Gasteiger charge is 2.14. The number of rotatable bonds is 8. The van der Waals surface area contributed by atoms with Crippen molar-refractivity contribution >= 4 is 29.9 Å². The summed E-state index contributed by atoms with van der Waals surface area (Å²) in [6.45, 7) is 10.3. The second kappa shape index (κ2) is 10.6. The van der Waals surface area contributed by atoms with Gasteiger partial charge in [-0.3, -0.25) is 9.59 Å². The van der Waals surface area contributed by atoms with Gasteiger partial charge < -0.3 is 16.0 Å². The summed E-state index contributed by atoms with van der Waals surface area (Å²) in [6.07, 6.45) is 3.34. The third-order valence-corrected chi connectivity index (χ3v) is 3.19. The lowest BCUT2D eigenvalue weighted by Gasteiger charge is -2.19. The second-order valence-electron chi connectivity index (χ2n) is 4.99. The van der Waals surface area contributed by atoms with Crippen LogP contribution in [-0.4, -0.2) is 36.3 Å². The minimum absolute atomic E-state index is 0. The molecule has 1 unspecified atom stereocenters. The third-order valence-electron chi connectivity index (χ3n) is 3.19. The van der Waals surface area contributed by atoms with E-state index in [4.69, 9.17) is 5.73 Å². The van der Waals surface area contributed by atoms with E-state index in [9.17, 15) is 9.59 Å². The molecule has 0 aliphatic carbocycles. The lowest BCUT2D eigenvalue weighted by Crippen LogP contribution is -2.31. The SMILES string of the molecule is C=CCN(CC=C)C(=O)c1ccc(NC(=O)C(C)CN)cc1.Cl. The van der Waals surface area contributed by atoms with Gasteiger partial charge in [0.1, 0.15) is 0 Å². The van der Waals surface area contributed by atoms with Gasteiger partial charge >= 0.3 is 0 Å². The average Bonchev–Trinajstić information content (AvgIpc) is 2.53. The standard InChI is InChI=1S/C17H23N3O2.ClH/c1-4-10-20(11-5-2)17(22)14-6-8-15(9-7-14)19-16(21)13(3)12-18;/h4-9,13H,1-2,10-12,18H2,3H3,(H,19,21);1H. The summed E-state index contributed by atoms with van der Waals surface area (Å²) < 4.78 is 0. The van der Waals surface area contributed by atoms with E-state index in [1.807, 2.05) is 0 Å². The first-order valence-corrected chi connectivity index (χ1v) is 7.15. The molecule has 3 N–H and O–H groups in total. The molecule has 1 atom stereocenters. The van der Waals surface area contributed by atoms with Crippen molar-refractivity contribution in [1.29, 1.82) is 0 Å². The van der Waals surface area contributed by atoms with Crippen molar-refractivity contribution < 1.29 is 9.59 Å². The molecule has 1 aromatic rings. The number of benzene rings is 1. The van der Waals surface area contributed by atoms with Gasteiger partial charge in [-0.2, -0.15) is 0 Å². The van der Waals surface area contributed by atoms with Crippen LogP contribution < -0.4 is 11.1 Å². The van der Waals surface area contributed by atoms with Gasteiger partial charge in [0.05, 0.1) is 0 Å². The number of carbonyl (C=O) groups excluding carboxylic acids is 2. The zero-order valence-electron chi connectivity index (χ0n) is 13.3.